The standard InChI is InChI=1S/C15H25NO4/c1-13(2,3)19-11(17)15-7-8-16(10(15)9-15)12(18)20-14(4,5)6/h10H,7-9H2,1-6H3. The Bertz CT molecular complexity index is 432. The highest BCUT2D eigenvalue weighted by atomic mass is 16.6. The fourth-order valence-corrected chi connectivity index (χ4v) is 2.68. The third-order valence-corrected chi connectivity index (χ3v) is 3.64. The summed E-state index contributed by atoms with van der Waals surface area (Å²) in [4.78, 5) is 26.1. The van der Waals surface area contributed by atoms with Crippen molar-refractivity contribution in [3.05, 3.63) is 0 Å². The Morgan fingerprint density at radius 2 is 1.60 bits per heavy atom. The van der Waals surface area contributed by atoms with Crippen molar-refractivity contribution in [2.24, 2.45) is 5.41 Å². The molecule has 0 radical (unpaired) electrons. The van der Waals surface area contributed by atoms with E-state index in [1.807, 2.05) is 41.5 Å². The van der Waals surface area contributed by atoms with Crippen LogP contribution in [0, 0.1) is 5.41 Å². The number of amides is 1. The van der Waals surface area contributed by atoms with Crippen LogP contribution in [0.3, 0.4) is 0 Å². The number of rotatable bonds is 1. The molecule has 2 rings (SSSR count). The number of esters is 1. The zero-order valence-corrected chi connectivity index (χ0v) is 13.3. The Labute approximate surface area is 120 Å². The van der Waals surface area contributed by atoms with Crippen molar-refractivity contribution in [3.8, 4) is 0 Å². The van der Waals surface area contributed by atoms with Gasteiger partial charge in [-0.25, -0.2) is 4.79 Å². The molecule has 1 aliphatic carbocycles. The topological polar surface area (TPSA) is 55.8 Å². The molecule has 0 spiro atoms. The average Bonchev–Trinajstić information content (AvgIpc) is 2.80. The van der Waals surface area contributed by atoms with E-state index in [0.717, 1.165) is 0 Å². The summed E-state index contributed by atoms with van der Waals surface area (Å²) < 4.78 is 10.9. The number of hydrogen-bond acceptors (Lipinski definition) is 4. The van der Waals surface area contributed by atoms with E-state index in [0.29, 0.717) is 19.4 Å². The summed E-state index contributed by atoms with van der Waals surface area (Å²) in [6.45, 7) is 11.7. The lowest BCUT2D eigenvalue weighted by Crippen LogP contribution is -2.37. The van der Waals surface area contributed by atoms with E-state index in [1.165, 1.54) is 0 Å². The fraction of sp³-hybridized carbons (Fsp3) is 0.867. The number of piperidine rings is 1. The van der Waals surface area contributed by atoms with E-state index in [-0.39, 0.29) is 18.1 Å². The molecule has 0 N–H and O–H groups in total. The number of likely N-dealkylation sites (tertiary alicyclic amines) is 1. The number of carbonyl (C=O) groups is 2. The summed E-state index contributed by atoms with van der Waals surface area (Å²) >= 11 is 0. The SMILES string of the molecule is CC(C)(C)OC(=O)N1CCC2(C(=O)OC(C)(C)C)CC12. The second-order valence-electron chi connectivity index (χ2n) is 7.80. The van der Waals surface area contributed by atoms with Crippen molar-refractivity contribution < 1.29 is 19.1 Å². The van der Waals surface area contributed by atoms with E-state index >= 15 is 0 Å². The molecule has 20 heavy (non-hydrogen) atoms. The first-order valence-corrected chi connectivity index (χ1v) is 7.18. The molecule has 1 saturated carbocycles. The summed E-state index contributed by atoms with van der Waals surface area (Å²) in [6, 6.07) is -0.0489. The summed E-state index contributed by atoms with van der Waals surface area (Å²) in [6.07, 6.45) is 1.04. The van der Waals surface area contributed by atoms with Crippen molar-refractivity contribution in [3.63, 3.8) is 0 Å². The van der Waals surface area contributed by atoms with Gasteiger partial charge in [0, 0.05) is 6.54 Å². The summed E-state index contributed by atoms with van der Waals surface area (Å²) in [7, 11) is 0. The van der Waals surface area contributed by atoms with E-state index in [4.69, 9.17) is 9.47 Å². The lowest BCUT2D eigenvalue weighted by Gasteiger charge is -2.25. The van der Waals surface area contributed by atoms with Crippen molar-refractivity contribution in [2.75, 3.05) is 6.54 Å². The predicted molar refractivity (Wildman–Crippen MR) is 74.2 cm³/mol. The quantitative estimate of drug-likeness (QED) is 0.694. The zero-order valence-electron chi connectivity index (χ0n) is 13.3. The molecular formula is C15H25NO4. The molecule has 0 bridgehead atoms. The van der Waals surface area contributed by atoms with Gasteiger partial charge in [-0.05, 0) is 54.4 Å². The monoisotopic (exact) mass is 283 g/mol. The van der Waals surface area contributed by atoms with Crippen LogP contribution in [0.4, 0.5) is 4.79 Å². The lowest BCUT2D eigenvalue weighted by atomic mass is 10.0. The third-order valence-electron chi connectivity index (χ3n) is 3.64. The summed E-state index contributed by atoms with van der Waals surface area (Å²) in [5.41, 5.74) is -1.48. The first-order valence-electron chi connectivity index (χ1n) is 7.18. The van der Waals surface area contributed by atoms with Crippen LogP contribution < -0.4 is 0 Å². The minimum absolute atomic E-state index is 0.0489. The molecule has 2 atom stereocenters. The Morgan fingerprint density at radius 1 is 1.05 bits per heavy atom. The maximum atomic E-state index is 12.3. The largest absolute Gasteiger partial charge is 0.459 e. The van der Waals surface area contributed by atoms with Gasteiger partial charge >= 0.3 is 12.1 Å². The second-order valence-corrected chi connectivity index (χ2v) is 7.80. The minimum Gasteiger partial charge on any atom is -0.459 e. The van der Waals surface area contributed by atoms with Gasteiger partial charge in [-0.2, -0.15) is 0 Å². The van der Waals surface area contributed by atoms with Crippen LogP contribution in [0.15, 0.2) is 0 Å². The van der Waals surface area contributed by atoms with Crippen LogP contribution in [0.25, 0.3) is 0 Å². The molecule has 1 amide bonds. The van der Waals surface area contributed by atoms with Gasteiger partial charge in [0.15, 0.2) is 0 Å². The summed E-state index contributed by atoms with van der Waals surface area (Å²) in [5.74, 6) is -0.180. The van der Waals surface area contributed by atoms with Gasteiger partial charge in [0.1, 0.15) is 11.2 Å². The van der Waals surface area contributed by atoms with Crippen molar-refractivity contribution in [1.29, 1.82) is 0 Å². The average molecular weight is 283 g/mol. The smallest absolute Gasteiger partial charge is 0.410 e. The van der Waals surface area contributed by atoms with Crippen LogP contribution in [0.5, 0.6) is 0 Å². The van der Waals surface area contributed by atoms with Gasteiger partial charge in [0.25, 0.3) is 0 Å². The molecule has 2 aliphatic rings. The molecule has 2 fully saturated rings. The Kier molecular flexibility index (Phi) is 3.30. The number of ether oxygens (including phenoxy) is 2. The van der Waals surface area contributed by atoms with Gasteiger partial charge in [-0.15, -0.1) is 0 Å². The van der Waals surface area contributed by atoms with Crippen LogP contribution in [0.2, 0.25) is 0 Å². The molecular weight excluding hydrogens is 258 g/mol. The number of nitrogens with zero attached hydrogens (tertiary/aromatic N) is 1. The summed E-state index contributed by atoms with van der Waals surface area (Å²) in [5, 5.41) is 0. The maximum absolute atomic E-state index is 12.3. The number of hydrogen-bond donors (Lipinski definition) is 0. The van der Waals surface area contributed by atoms with Gasteiger partial charge in [0.05, 0.1) is 11.5 Å². The molecule has 1 aliphatic heterocycles. The highest BCUT2D eigenvalue weighted by Crippen LogP contribution is 2.58. The number of fused-ring (bicyclic) bond motifs is 1. The van der Waals surface area contributed by atoms with Crippen molar-refractivity contribution in [1.82, 2.24) is 4.90 Å². The first kappa shape index (κ1) is 15.1. The molecule has 1 heterocycles. The maximum Gasteiger partial charge on any atom is 0.410 e. The Balaban J connectivity index is 1.99. The molecule has 0 aromatic carbocycles. The molecule has 0 aromatic rings. The van der Waals surface area contributed by atoms with Crippen LogP contribution in [0.1, 0.15) is 54.4 Å². The molecule has 0 aromatic heterocycles. The van der Waals surface area contributed by atoms with Crippen LogP contribution >= 0.6 is 0 Å². The molecule has 114 valence electrons. The van der Waals surface area contributed by atoms with Crippen molar-refractivity contribution >= 4 is 12.1 Å². The Morgan fingerprint density at radius 3 is 2.05 bits per heavy atom. The molecule has 5 heteroatoms. The van der Waals surface area contributed by atoms with E-state index < -0.39 is 16.6 Å². The minimum atomic E-state index is -0.511. The van der Waals surface area contributed by atoms with Crippen LogP contribution in [-0.2, 0) is 14.3 Å². The van der Waals surface area contributed by atoms with Gasteiger partial charge < -0.3 is 14.4 Å². The van der Waals surface area contributed by atoms with E-state index in [2.05, 4.69) is 0 Å². The molecule has 2 unspecified atom stereocenters. The van der Waals surface area contributed by atoms with Crippen molar-refractivity contribution in [2.45, 2.75) is 71.6 Å². The highest BCUT2D eigenvalue weighted by Gasteiger charge is 2.69. The van der Waals surface area contributed by atoms with E-state index in [1.54, 1.807) is 4.90 Å². The normalized spacial score (nSPS) is 28.9. The number of carbonyl (C=O) groups excluding carboxylic acids is 2. The second kappa shape index (κ2) is 4.37. The zero-order chi connectivity index (χ0) is 15.3. The fourth-order valence-electron chi connectivity index (χ4n) is 2.68. The molecule has 1 saturated heterocycles. The third kappa shape index (κ3) is 2.91. The Hall–Kier alpha value is -1.26. The van der Waals surface area contributed by atoms with Gasteiger partial charge in [-0.1, -0.05) is 0 Å². The van der Waals surface area contributed by atoms with Gasteiger partial charge in [-0.3, -0.25) is 4.79 Å². The lowest BCUT2D eigenvalue weighted by molar-refractivity contribution is -0.161. The van der Waals surface area contributed by atoms with Gasteiger partial charge in [0.2, 0.25) is 0 Å². The highest BCUT2D eigenvalue weighted by molar-refractivity contribution is 5.85. The molecule has 5 nitrogen and oxygen atoms in total. The van der Waals surface area contributed by atoms with Crippen LogP contribution in [-0.4, -0.2) is 40.8 Å². The first-order chi connectivity index (χ1) is 8.95. The van der Waals surface area contributed by atoms with E-state index in [9.17, 15) is 9.59 Å². The predicted octanol–water partition coefficient (Wildman–Crippen LogP) is 2.73.